The highest BCUT2D eigenvalue weighted by Crippen LogP contribution is 2.10. The molecule has 2 N–H and O–H groups in total. The molecule has 1 aliphatic rings. The molecule has 1 saturated heterocycles. The Morgan fingerprint density at radius 1 is 1.29 bits per heavy atom. The summed E-state index contributed by atoms with van der Waals surface area (Å²) in [5.74, 6) is 0.386. The SMILES string of the molecule is CC(C)CS(=O)(=O)N1CCN(CC(N)=S)CC1. The van der Waals surface area contributed by atoms with E-state index in [1.54, 1.807) is 4.31 Å². The van der Waals surface area contributed by atoms with Crippen LogP contribution in [0.15, 0.2) is 0 Å². The van der Waals surface area contributed by atoms with Gasteiger partial charge >= 0.3 is 0 Å². The zero-order chi connectivity index (χ0) is 13.1. The minimum Gasteiger partial charge on any atom is -0.392 e. The van der Waals surface area contributed by atoms with Gasteiger partial charge in [-0.2, -0.15) is 4.31 Å². The van der Waals surface area contributed by atoms with Gasteiger partial charge in [0.15, 0.2) is 0 Å². The summed E-state index contributed by atoms with van der Waals surface area (Å²) in [4.78, 5) is 2.55. The zero-order valence-electron chi connectivity index (χ0n) is 10.4. The molecule has 0 aromatic carbocycles. The fourth-order valence-electron chi connectivity index (χ4n) is 1.91. The van der Waals surface area contributed by atoms with Crippen LogP contribution in [0.25, 0.3) is 0 Å². The first-order valence-corrected chi connectivity index (χ1v) is 7.81. The molecule has 1 fully saturated rings. The average molecular weight is 279 g/mol. The van der Waals surface area contributed by atoms with E-state index < -0.39 is 10.0 Å². The highest BCUT2D eigenvalue weighted by atomic mass is 32.2. The molecular weight excluding hydrogens is 258 g/mol. The van der Waals surface area contributed by atoms with E-state index >= 15 is 0 Å². The van der Waals surface area contributed by atoms with Crippen molar-refractivity contribution in [3.63, 3.8) is 0 Å². The van der Waals surface area contributed by atoms with Crippen molar-refractivity contribution in [2.24, 2.45) is 11.7 Å². The zero-order valence-corrected chi connectivity index (χ0v) is 12.1. The third-order valence-electron chi connectivity index (χ3n) is 2.65. The molecule has 0 spiro atoms. The summed E-state index contributed by atoms with van der Waals surface area (Å²) < 4.78 is 25.5. The number of sulfonamides is 1. The molecule has 1 heterocycles. The van der Waals surface area contributed by atoms with Gasteiger partial charge in [0.2, 0.25) is 10.0 Å². The lowest BCUT2D eigenvalue weighted by atomic mass is 10.3. The summed E-state index contributed by atoms with van der Waals surface area (Å²) in [5.41, 5.74) is 5.47. The normalized spacial score (nSPS) is 19.7. The standard InChI is InChI=1S/C10H21N3O2S2/c1-9(2)8-17(14,15)13-5-3-12(4-6-13)7-10(11)16/h9H,3-8H2,1-2H3,(H2,11,16). The van der Waals surface area contributed by atoms with Crippen molar-refractivity contribution in [3.8, 4) is 0 Å². The topological polar surface area (TPSA) is 66.6 Å². The number of piperazine rings is 1. The molecule has 100 valence electrons. The Morgan fingerprint density at radius 2 is 1.82 bits per heavy atom. The molecule has 1 aliphatic heterocycles. The number of hydrogen-bond donors (Lipinski definition) is 1. The Hall–Kier alpha value is -0.240. The van der Waals surface area contributed by atoms with Crippen molar-refractivity contribution in [1.29, 1.82) is 0 Å². The number of thiocarbonyl (C=S) groups is 1. The van der Waals surface area contributed by atoms with Crippen molar-refractivity contribution in [2.75, 3.05) is 38.5 Å². The Bertz CT molecular complexity index is 360. The van der Waals surface area contributed by atoms with Crippen LogP contribution >= 0.6 is 12.2 Å². The fourth-order valence-corrected chi connectivity index (χ4v) is 3.87. The van der Waals surface area contributed by atoms with Crippen LogP contribution in [0.5, 0.6) is 0 Å². The van der Waals surface area contributed by atoms with E-state index in [2.05, 4.69) is 4.90 Å². The summed E-state index contributed by atoms with van der Waals surface area (Å²) in [5, 5.41) is 0. The first kappa shape index (κ1) is 14.8. The van der Waals surface area contributed by atoms with Crippen molar-refractivity contribution in [2.45, 2.75) is 13.8 Å². The van der Waals surface area contributed by atoms with Gasteiger partial charge in [-0.3, -0.25) is 4.90 Å². The summed E-state index contributed by atoms with van der Waals surface area (Å²) in [7, 11) is -3.09. The fraction of sp³-hybridized carbons (Fsp3) is 0.900. The second-order valence-electron chi connectivity index (χ2n) is 4.81. The largest absolute Gasteiger partial charge is 0.392 e. The van der Waals surface area contributed by atoms with Crippen LogP contribution in [0.2, 0.25) is 0 Å². The Kier molecular flexibility index (Phi) is 5.30. The molecule has 0 unspecified atom stereocenters. The van der Waals surface area contributed by atoms with Crippen molar-refractivity contribution in [1.82, 2.24) is 9.21 Å². The molecular formula is C10H21N3O2S2. The van der Waals surface area contributed by atoms with Gasteiger partial charge in [0.1, 0.15) is 0 Å². The maximum absolute atomic E-state index is 12.0. The molecule has 0 amide bonds. The monoisotopic (exact) mass is 279 g/mol. The minimum atomic E-state index is -3.09. The Morgan fingerprint density at radius 3 is 2.24 bits per heavy atom. The van der Waals surface area contributed by atoms with Crippen molar-refractivity contribution >= 4 is 27.2 Å². The number of hydrogen-bond acceptors (Lipinski definition) is 4. The van der Waals surface area contributed by atoms with Crippen LogP contribution in [0, 0.1) is 5.92 Å². The number of nitrogens with two attached hydrogens (primary N) is 1. The minimum absolute atomic E-state index is 0.162. The maximum Gasteiger partial charge on any atom is 0.214 e. The van der Waals surface area contributed by atoms with Gasteiger partial charge in [-0.25, -0.2) is 8.42 Å². The molecule has 17 heavy (non-hydrogen) atoms. The van der Waals surface area contributed by atoms with Crippen LogP contribution in [0.4, 0.5) is 0 Å². The van der Waals surface area contributed by atoms with Crippen LogP contribution in [0.3, 0.4) is 0 Å². The lowest BCUT2D eigenvalue weighted by Gasteiger charge is -2.33. The quantitative estimate of drug-likeness (QED) is 0.711. The van der Waals surface area contributed by atoms with Gasteiger partial charge in [0, 0.05) is 32.7 Å². The molecule has 0 radical (unpaired) electrons. The Balaban J connectivity index is 2.49. The van der Waals surface area contributed by atoms with E-state index in [0.717, 1.165) is 0 Å². The van der Waals surface area contributed by atoms with Gasteiger partial charge in [0.05, 0.1) is 10.7 Å². The van der Waals surface area contributed by atoms with Crippen molar-refractivity contribution < 1.29 is 8.42 Å². The molecule has 0 saturated carbocycles. The maximum atomic E-state index is 12.0. The van der Waals surface area contributed by atoms with Gasteiger partial charge in [-0.05, 0) is 5.92 Å². The van der Waals surface area contributed by atoms with E-state index in [1.165, 1.54) is 0 Å². The predicted octanol–water partition coefficient (Wildman–Crippen LogP) is -0.124. The van der Waals surface area contributed by atoms with Crippen LogP contribution in [0.1, 0.15) is 13.8 Å². The molecule has 7 heteroatoms. The molecule has 0 atom stereocenters. The van der Waals surface area contributed by atoms with E-state index in [1.807, 2.05) is 13.8 Å². The van der Waals surface area contributed by atoms with Crippen LogP contribution in [-0.2, 0) is 10.0 Å². The second-order valence-corrected chi connectivity index (χ2v) is 7.35. The highest BCUT2D eigenvalue weighted by Gasteiger charge is 2.27. The summed E-state index contributed by atoms with van der Waals surface area (Å²) >= 11 is 4.84. The highest BCUT2D eigenvalue weighted by molar-refractivity contribution is 7.89. The first-order chi connectivity index (χ1) is 7.81. The molecule has 1 rings (SSSR count). The van der Waals surface area contributed by atoms with E-state index in [-0.39, 0.29) is 11.7 Å². The second kappa shape index (κ2) is 6.08. The van der Waals surface area contributed by atoms with Gasteiger partial charge in [0.25, 0.3) is 0 Å². The third kappa shape index (κ3) is 4.87. The molecule has 0 bridgehead atoms. The first-order valence-electron chi connectivity index (χ1n) is 5.80. The molecule has 0 aromatic rings. The van der Waals surface area contributed by atoms with Gasteiger partial charge < -0.3 is 5.73 Å². The molecule has 5 nitrogen and oxygen atoms in total. The van der Waals surface area contributed by atoms with E-state index in [0.29, 0.717) is 37.7 Å². The van der Waals surface area contributed by atoms with Crippen molar-refractivity contribution in [3.05, 3.63) is 0 Å². The predicted molar refractivity (Wildman–Crippen MR) is 73.4 cm³/mol. The average Bonchev–Trinajstić information content (AvgIpc) is 2.15. The third-order valence-corrected chi connectivity index (χ3v) is 5.02. The van der Waals surface area contributed by atoms with E-state index in [4.69, 9.17) is 18.0 Å². The Labute approximate surface area is 109 Å². The summed E-state index contributed by atoms with van der Waals surface area (Å²) in [6.07, 6.45) is 0. The number of nitrogens with zero attached hydrogens (tertiary/aromatic N) is 2. The lowest BCUT2D eigenvalue weighted by Crippen LogP contribution is -2.51. The summed E-state index contributed by atoms with van der Waals surface area (Å²) in [6, 6.07) is 0. The van der Waals surface area contributed by atoms with Gasteiger partial charge in [-0.15, -0.1) is 0 Å². The lowest BCUT2D eigenvalue weighted by molar-refractivity contribution is 0.209. The molecule has 0 aliphatic carbocycles. The van der Waals surface area contributed by atoms with Crippen LogP contribution < -0.4 is 5.73 Å². The van der Waals surface area contributed by atoms with Gasteiger partial charge in [-0.1, -0.05) is 26.1 Å². The molecule has 0 aromatic heterocycles. The smallest absolute Gasteiger partial charge is 0.214 e. The number of rotatable bonds is 5. The van der Waals surface area contributed by atoms with Crippen LogP contribution in [-0.4, -0.2) is 61.1 Å². The van der Waals surface area contributed by atoms with E-state index in [9.17, 15) is 8.42 Å². The summed E-state index contributed by atoms with van der Waals surface area (Å²) in [6.45, 7) is 6.90.